The summed E-state index contributed by atoms with van der Waals surface area (Å²) in [6, 6.07) is 44.6. The van der Waals surface area contributed by atoms with Gasteiger partial charge in [0.2, 0.25) is 0 Å². The largest absolute Gasteiger partial charge is 0.456 e. The van der Waals surface area contributed by atoms with Crippen LogP contribution >= 0.6 is 0 Å². The summed E-state index contributed by atoms with van der Waals surface area (Å²) in [5.41, 5.74) is 14.3. The molecule has 10 aromatic rings. The number of hydrogen-bond acceptors (Lipinski definition) is 4. The maximum Gasteiger partial charge on any atom is 0.144 e. The van der Waals surface area contributed by atoms with Gasteiger partial charge in [0.1, 0.15) is 22.3 Å². The van der Waals surface area contributed by atoms with Gasteiger partial charge in [-0.2, -0.15) is 0 Å². The lowest BCUT2D eigenvalue weighted by molar-refractivity contribution is 0.664. The molecule has 0 saturated heterocycles. The summed E-state index contributed by atoms with van der Waals surface area (Å²) in [7, 11) is 0. The minimum atomic E-state index is 0.860. The molecule has 0 unspecified atom stereocenters. The van der Waals surface area contributed by atoms with Gasteiger partial charge in [-0.15, -0.1) is 0 Å². The van der Waals surface area contributed by atoms with Gasteiger partial charge in [-0.1, -0.05) is 115 Å². The smallest absolute Gasteiger partial charge is 0.144 e. The average Bonchev–Trinajstić information content (AvgIpc) is 3.75. The van der Waals surface area contributed by atoms with Crippen molar-refractivity contribution in [2.75, 3.05) is 0 Å². The monoisotopic (exact) mass is 640 g/mol. The third-order valence-electron chi connectivity index (χ3n) is 10.4. The van der Waals surface area contributed by atoms with Crippen LogP contribution in [0.3, 0.4) is 0 Å². The van der Waals surface area contributed by atoms with E-state index in [1.165, 1.54) is 16.5 Å². The van der Waals surface area contributed by atoms with Gasteiger partial charge in [0.25, 0.3) is 0 Å². The van der Waals surface area contributed by atoms with Crippen LogP contribution in [0, 0.1) is 0 Å². The van der Waals surface area contributed by atoms with Crippen molar-refractivity contribution in [3.63, 3.8) is 0 Å². The number of fused-ring (bicyclic) bond motifs is 12. The Morgan fingerprint density at radius 3 is 2.10 bits per heavy atom. The summed E-state index contributed by atoms with van der Waals surface area (Å²) in [5, 5.41) is 6.68. The second-order valence-electron chi connectivity index (χ2n) is 13.2. The normalized spacial score (nSPS) is 13.0. The summed E-state index contributed by atoms with van der Waals surface area (Å²) < 4.78 is 13.0. The average molecular weight is 641 g/mol. The Balaban J connectivity index is 1.04. The molecule has 0 aliphatic heterocycles. The molecule has 50 heavy (non-hydrogen) atoms. The van der Waals surface area contributed by atoms with E-state index in [-0.39, 0.29) is 0 Å². The van der Waals surface area contributed by atoms with Gasteiger partial charge in [-0.3, -0.25) is 4.98 Å². The van der Waals surface area contributed by atoms with Crippen molar-refractivity contribution < 1.29 is 8.83 Å². The van der Waals surface area contributed by atoms with Crippen LogP contribution in [0.4, 0.5) is 0 Å². The maximum atomic E-state index is 6.57. The van der Waals surface area contributed by atoms with Crippen molar-refractivity contribution in [2.45, 2.75) is 12.8 Å². The van der Waals surface area contributed by atoms with Gasteiger partial charge >= 0.3 is 0 Å². The number of allylic oxidation sites excluding steroid dienone is 1. The molecule has 234 valence electrons. The first-order valence-corrected chi connectivity index (χ1v) is 17.1. The van der Waals surface area contributed by atoms with Gasteiger partial charge in [0, 0.05) is 38.1 Å². The highest BCUT2D eigenvalue weighted by atomic mass is 16.3. The van der Waals surface area contributed by atoms with Crippen molar-refractivity contribution in [2.24, 2.45) is 0 Å². The van der Waals surface area contributed by atoms with E-state index in [2.05, 4.69) is 115 Å². The van der Waals surface area contributed by atoms with Crippen LogP contribution in [0.5, 0.6) is 0 Å². The molecule has 0 N–H and O–H groups in total. The summed E-state index contributed by atoms with van der Waals surface area (Å²) >= 11 is 0. The lowest BCUT2D eigenvalue weighted by atomic mass is 9.90. The van der Waals surface area contributed by atoms with E-state index in [4.69, 9.17) is 18.8 Å². The fraction of sp³-hybridized carbons (Fsp3) is 0.0435. The van der Waals surface area contributed by atoms with Crippen LogP contribution in [0.25, 0.3) is 105 Å². The molecule has 0 atom stereocenters. The number of nitrogens with zero attached hydrogens (tertiary/aromatic N) is 2. The summed E-state index contributed by atoms with van der Waals surface area (Å²) in [6.07, 6.45) is 8.47. The zero-order valence-electron chi connectivity index (χ0n) is 27.0. The lowest BCUT2D eigenvalue weighted by Crippen LogP contribution is -2.01. The molecule has 3 heterocycles. The van der Waals surface area contributed by atoms with Crippen molar-refractivity contribution in [3.8, 4) is 33.5 Å². The molecule has 4 nitrogen and oxygen atoms in total. The molecule has 1 aliphatic rings. The van der Waals surface area contributed by atoms with Crippen LogP contribution in [-0.4, -0.2) is 9.97 Å². The molecule has 11 rings (SSSR count). The predicted molar refractivity (Wildman–Crippen MR) is 205 cm³/mol. The number of rotatable bonds is 3. The molecule has 0 fully saturated rings. The SMILES string of the molecule is C1=Cc2c(c3ncc(-c4cccc(-c5ccc(-c6c7oc8ccccc8c7cc7oc8ccccc8c67)cc5)c4)nc3c3ccccc23)CC1. The summed E-state index contributed by atoms with van der Waals surface area (Å²) in [6.45, 7) is 0. The third kappa shape index (κ3) is 3.99. The zero-order chi connectivity index (χ0) is 32.8. The predicted octanol–water partition coefficient (Wildman–Crippen LogP) is 12.5. The number of aromatic nitrogens is 2. The van der Waals surface area contributed by atoms with Crippen molar-refractivity contribution >= 4 is 71.8 Å². The Kier molecular flexibility index (Phi) is 5.75. The zero-order valence-corrected chi connectivity index (χ0v) is 27.0. The van der Waals surface area contributed by atoms with E-state index in [0.717, 1.165) is 107 Å². The highest BCUT2D eigenvalue weighted by Gasteiger charge is 2.21. The Morgan fingerprint density at radius 1 is 0.520 bits per heavy atom. The number of benzene rings is 7. The molecule has 0 bridgehead atoms. The molecule has 0 radical (unpaired) electrons. The molecule has 7 aromatic carbocycles. The maximum absolute atomic E-state index is 6.57. The number of aryl methyl sites for hydroxylation is 1. The van der Waals surface area contributed by atoms with Gasteiger partial charge in [-0.05, 0) is 70.3 Å². The van der Waals surface area contributed by atoms with Gasteiger partial charge in [0.05, 0.1) is 22.9 Å². The van der Waals surface area contributed by atoms with Crippen molar-refractivity contribution in [1.82, 2.24) is 9.97 Å². The van der Waals surface area contributed by atoms with Gasteiger partial charge in [0.15, 0.2) is 0 Å². The number of para-hydroxylation sites is 2. The van der Waals surface area contributed by atoms with Gasteiger partial charge in [-0.25, -0.2) is 4.98 Å². The number of hydrogen-bond donors (Lipinski definition) is 0. The summed E-state index contributed by atoms with van der Waals surface area (Å²) in [5.74, 6) is 0. The van der Waals surface area contributed by atoms with E-state index in [1.807, 2.05) is 30.5 Å². The third-order valence-corrected chi connectivity index (χ3v) is 10.4. The Bertz CT molecular complexity index is 3030. The highest BCUT2D eigenvalue weighted by molar-refractivity contribution is 6.23. The van der Waals surface area contributed by atoms with Crippen molar-refractivity contribution in [1.29, 1.82) is 0 Å². The molecule has 0 amide bonds. The first-order valence-electron chi connectivity index (χ1n) is 17.1. The van der Waals surface area contributed by atoms with E-state index in [9.17, 15) is 0 Å². The first-order chi connectivity index (χ1) is 24.8. The molecule has 0 saturated carbocycles. The van der Waals surface area contributed by atoms with Crippen LogP contribution in [-0.2, 0) is 6.42 Å². The minimum absolute atomic E-state index is 0.860. The second-order valence-corrected chi connectivity index (χ2v) is 13.2. The quantitative estimate of drug-likeness (QED) is 0.180. The van der Waals surface area contributed by atoms with Crippen LogP contribution < -0.4 is 0 Å². The summed E-state index contributed by atoms with van der Waals surface area (Å²) in [4.78, 5) is 10.3. The Hall–Kier alpha value is -6.52. The van der Waals surface area contributed by atoms with Crippen LogP contribution in [0.2, 0.25) is 0 Å². The molecular weight excluding hydrogens is 613 g/mol. The second kappa shape index (κ2) is 10.5. The molecular formula is C46H28N2O2. The molecule has 4 heteroatoms. The van der Waals surface area contributed by atoms with Gasteiger partial charge < -0.3 is 8.83 Å². The van der Waals surface area contributed by atoms with E-state index in [1.54, 1.807) is 0 Å². The van der Waals surface area contributed by atoms with E-state index < -0.39 is 0 Å². The lowest BCUT2D eigenvalue weighted by Gasteiger charge is -2.17. The fourth-order valence-electron chi connectivity index (χ4n) is 8.05. The molecule has 0 spiro atoms. The first kappa shape index (κ1) is 27.4. The van der Waals surface area contributed by atoms with Crippen LogP contribution in [0.15, 0.2) is 149 Å². The molecule has 3 aromatic heterocycles. The standard InChI is InChI=1S/C46H28N2O2/c1-3-15-34-31(12-1)32-13-2-4-16-35(32)45-44(34)47-26-38(48-45)30-11-9-10-29(24-30)27-20-22-28(23-21-27)42-43-36-17-6-8-19-40(36)49-41(43)25-37-33-14-5-7-18-39(33)50-46(37)42/h1-2,4-14,16-26H,3,15H2. The highest BCUT2D eigenvalue weighted by Crippen LogP contribution is 2.45. The number of furan rings is 2. The van der Waals surface area contributed by atoms with Crippen molar-refractivity contribution in [3.05, 3.63) is 151 Å². The fourth-order valence-corrected chi connectivity index (χ4v) is 8.05. The van der Waals surface area contributed by atoms with E-state index in [0.29, 0.717) is 0 Å². The Labute approximate surface area is 286 Å². The van der Waals surface area contributed by atoms with Crippen LogP contribution in [0.1, 0.15) is 17.5 Å². The Morgan fingerprint density at radius 2 is 1.24 bits per heavy atom. The van der Waals surface area contributed by atoms with E-state index >= 15 is 0 Å². The topological polar surface area (TPSA) is 52.1 Å². The molecule has 1 aliphatic carbocycles. The minimum Gasteiger partial charge on any atom is -0.456 e.